The summed E-state index contributed by atoms with van der Waals surface area (Å²) in [5.41, 5.74) is 0. The first-order valence-electron chi connectivity index (χ1n) is 5.45. The normalized spacial score (nSPS) is 16.2. The molecule has 0 bridgehead atoms. The molecule has 1 aromatic rings. The molecule has 84 valence electrons. The van der Waals surface area contributed by atoms with E-state index in [0.717, 1.165) is 12.8 Å². The molecule has 2 rings (SSSR count). The summed E-state index contributed by atoms with van der Waals surface area (Å²) in [4.78, 5) is 0. The van der Waals surface area contributed by atoms with E-state index < -0.39 is 0 Å². The van der Waals surface area contributed by atoms with Gasteiger partial charge in [-0.3, -0.25) is 4.39 Å². The van der Waals surface area contributed by atoms with E-state index in [4.69, 9.17) is 4.74 Å². The van der Waals surface area contributed by atoms with Crippen molar-refractivity contribution < 1.29 is 25.5 Å². The molecule has 0 radical (unpaired) electrons. The van der Waals surface area contributed by atoms with Crippen molar-refractivity contribution in [1.29, 1.82) is 0 Å². The zero-order valence-corrected chi connectivity index (χ0v) is 13.8. The summed E-state index contributed by atoms with van der Waals surface area (Å²) in [7, 11) is 0. The van der Waals surface area contributed by atoms with E-state index in [0.29, 0.717) is 5.75 Å². The van der Waals surface area contributed by atoms with Crippen LogP contribution in [0, 0.1) is 11.9 Å². The second kappa shape index (κ2) is 8.19. The topological polar surface area (TPSA) is 9.23 Å². The molecular weight excluding hydrogens is 324 g/mol. The second-order valence-corrected chi connectivity index (χ2v) is 3.73. The van der Waals surface area contributed by atoms with Gasteiger partial charge in [0.1, 0.15) is 0 Å². The van der Waals surface area contributed by atoms with E-state index in [9.17, 15) is 4.39 Å². The molecule has 0 aliphatic heterocycles. The van der Waals surface area contributed by atoms with Crippen LogP contribution in [-0.4, -0.2) is 6.10 Å². The van der Waals surface area contributed by atoms with Crippen molar-refractivity contribution in [2.24, 2.45) is 0 Å². The molecule has 4 heteroatoms. The predicted molar refractivity (Wildman–Crippen MR) is 61.7 cm³/mol. The minimum absolute atomic E-state index is 0.209. The van der Waals surface area contributed by atoms with Crippen molar-refractivity contribution in [2.75, 3.05) is 0 Å². The Morgan fingerprint density at radius 3 is 2.62 bits per heavy atom. The predicted octanol–water partition coefficient (Wildman–Crippen LogP) is 4.18. The number of benzene rings is 1. The molecule has 0 amide bonds. The third-order valence-corrected chi connectivity index (χ3v) is 2.62. The molecule has 1 aromatic carbocycles. The van der Waals surface area contributed by atoms with Gasteiger partial charge in [-0.05, 0) is 25.7 Å². The molecule has 0 atom stereocenters. The first-order chi connectivity index (χ1) is 7.86. The van der Waals surface area contributed by atoms with Gasteiger partial charge in [0.2, 0.25) is 0 Å². The maximum absolute atomic E-state index is 13.2. The molecule has 0 spiro atoms. The summed E-state index contributed by atoms with van der Waals surface area (Å²) in [5, 5.41) is 0. The van der Waals surface area contributed by atoms with Crippen LogP contribution in [0.4, 0.5) is 4.39 Å². The van der Waals surface area contributed by atoms with Gasteiger partial charge in [0.25, 0.3) is 0 Å². The van der Waals surface area contributed by atoms with Crippen LogP contribution in [0.15, 0.2) is 18.2 Å². The summed E-state index contributed by atoms with van der Waals surface area (Å²) >= 11 is 4.25. The molecule has 0 N–H and O–H groups in total. The molecule has 1 fully saturated rings. The minimum atomic E-state index is -0.307. The SMILES string of the molecule is Fc1c[c-]ccc1OC1CCCCC1.[Zn+][Br]. The van der Waals surface area contributed by atoms with Crippen molar-refractivity contribution in [3.8, 4) is 5.75 Å². The molecule has 1 aliphatic rings. The van der Waals surface area contributed by atoms with E-state index in [2.05, 4.69) is 19.7 Å². The van der Waals surface area contributed by atoms with Crippen molar-refractivity contribution >= 4 is 13.6 Å². The molecule has 0 heterocycles. The zero-order valence-electron chi connectivity index (χ0n) is 9.22. The zero-order chi connectivity index (χ0) is 11.8. The Hall–Kier alpha value is 0.0534. The van der Waals surface area contributed by atoms with Crippen LogP contribution in [0.3, 0.4) is 0 Å². The summed E-state index contributed by atoms with van der Waals surface area (Å²) in [6, 6.07) is 7.33. The van der Waals surface area contributed by atoms with Crippen LogP contribution < -0.4 is 4.74 Å². The van der Waals surface area contributed by atoms with Gasteiger partial charge in [0, 0.05) is 11.6 Å². The Labute approximate surface area is 113 Å². The molecule has 0 saturated heterocycles. The summed E-state index contributed by atoms with van der Waals surface area (Å²) in [6.07, 6.45) is 6.00. The first kappa shape index (κ1) is 14.1. The van der Waals surface area contributed by atoms with E-state index in [-0.39, 0.29) is 11.9 Å². The second-order valence-electron chi connectivity index (χ2n) is 3.73. The number of ether oxygens (including phenoxy) is 1. The van der Waals surface area contributed by atoms with Gasteiger partial charge in [-0.15, -0.1) is 12.1 Å². The number of rotatable bonds is 2. The third-order valence-electron chi connectivity index (χ3n) is 2.62. The Morgan fingerprint density at radius 2 is 2.00 bits per heavy atom. The quantitative estimate of drug-likeness (QED) is 0.581. The summed E-state index contributed by atoms with van der Waals surface area (Å²) in [6.45, 7) is 0. The Kier molecular flexibility index (Phi) is 7.22. The fourth-order valence-corrected chi connectivity index (χ4v) is 1.85. The fraction of sp³-hybridized carbons (Fsp3) is 0.500. The van der Waals surface area contributed by atoms with Crippen molar-refractivity contribution in [2.45, 2.75) is 38.2 Å². The Balaban J connectivity index is 0.000000606. The van der Waals surface area contributed by atoms with E-state index in [1.807, 2.05) is 0 Å². The third kappa shape index (κ3) is 4.51. The van der Waals surface area contributed by atoms with Gasteiger partial charge in [-0.1, -0.05) is 6.42 Å². The van der Waals surface area contributed by atoms with Crippen LogP contribution in [0.1, 0.15) is 32.1 Å². The molecule has 16 heavy (non-hydrogen) atoms. The van der Waals surface area contributed by atoms with Gasteiger partial charge in [0.15, 0.2) is 0 Å². The molecule has 0 unspecified atom stereocenters. The van der Waals surface area contributed by atoms with Crippen LogP contribution in [0.25, 0.3) is 0 Å². The van der Waals surface area contributed by atoms with E-state index in [1.54, 1.807) is 12.1 Å². The summed E-state index contributed by atoms with van der Waals surface area (Å²) in [5.74, 6) is 0.0636. The average molecular weight is 339 g/mol. The van der Waals surface area contributed by atoms with E-state index >= 15 is 0 Å². The van der Waals surface area contributed by atoms with Gasteiger partial charge in [0.05, 0.1) is 6.10 Å². The van der Waals surface area contributed by atoms with Crippen molar-refractivity contribution in [1.82, 2.24) is 0 Å². The van der Waals surface area contributed by atoms with Gasteiger partial charge < -0.3 is 4.74 Å². The van der Waals surface area contributed by atoms with Gasteiger partial charge in [-0.25, -0.2) is 0 Å². The molecule has 1 aliphatic carbocycles. The fourth-order valence-electron chi connectivity index (χ4n) is 1.85. The molecule has 1 nitrogen and oxygen atoms in total. The van der Waals surface area contributed by atoms with Crippen LogP contribution in [-0.2, 0) is 16.3 Å². The molecule has 0 aromatic heterocycles. The average Bonchev–Trinajstić information content (AvgIpc) is 2.36. The maximum atomic E-state index is 13.2. The van der Waals surface area contributed by atoms with Gasteiger partial charge in [-0.2, -0.15) is 12.1 Å². The number of hydrogen-bond acceptors (Lipinski definition) is 1. The van der Waals surface area contributed by atoms with Crippen LogP contribution >= 0.6 is 13.6 Å². The molecular formula is C12H14BrFOZn. The van der Waals surface area contributed by atoms with Crippen LogP contribution in [0.2, 0.25) is 0 Å². The standard InChI is InChI=1S/C12H14FO.BrH.Zn/c13-11-8-4-5-9-12(11)14-10-6-2-1-3-7-10;;/h5,8-10H,1-3,6-7H2;1H;/q-1;;+2/p-1. The number of hydrogen-bond donors (Lipinski definition) is 0. The monoisotopic (exact) mass is 336 g/mol. The Morgan fingerprint density at radius 1 is 1.31 bits per heavy atom. The van der Waals surface area contributed by atoms with Crippen molar-refractivity contribution in [3.63, 3.8) is 0 Å². The van der Waals surface area contributed by atoms with E-state index in [1.165, 1.54) is 41.7 Å². The number of halogens is 2. The van der Waals surface area contributed by atoms with Crippen LogP contribution in [0.5, 0.6) is 5.75 Å². The van der Waals surface area contributed by atoms with Gasteiger partial charge >= 0.3 is 30.0 Å². The first-order valence-corrected chi connectivity index (χ1v) is 12.4. The van der Waals surface area contributed by atoms with Crippen molar-refractivity contribution in [3.05, 3.63) is 30.1 Å². The summed E-state index contributed by atoms with van der Waals surface area (Å²) < 4.78 is 18.8. The molecule has 1 saturated carbocycles. The Bertz CT molecular complexity index is 303.